The van der Waals surface area contributed by atoms with Gasteiger partial charge in [0, 0.05) is 0 Å². The number of ether oxygens (including phenoxy) is 1. The van der Waals surface area contributed by atoms with Crippen LogP contribution in [0.15, 0.2) is 35.7 Å². The van der Waals surface area contributed by atoms with Gasteiger partial charge in [-0.3, -0.25) is 4.79 Å². The fourth-order valence-electron chi connectivity index (χ4n) is 1.01. The zero-order valence-corrected chi connectivity index (χ0v) is 9.50. The van der Waals surface area contributed by atoms with Crippen LogP contribution >= 0.6 is 11.8 Å². The third kappa shape index (κ3) is 5.27. The lowest BCUT2D eigenvalue weighted by Crippen LogP contribution is -2.05. The van der Waals surface area contributed by atoms with Crippen molar-refractivity contribution in [3.8, 4) is 0 Å². The van der Waals surface area contributed by atoms with E-state index in [0.717, 1.165) is 5.56 Å². The van der Waals surface area contributed by atoms with E-state index in [4.69, 9.17) is 4.74 Å². The third-order valence-electron chi connectivity index (χ3n) is 1.66. The summed E-state index contributed by atoms with van der Waals surface area (Å²) in [6.07, 6.45) is 1.98. The van der Waals surface area contributed by atoms with Crippen LogP contribution in [-0.4, -0.2) is 18.3 Å². The van der Waals surface area contributed by atoms with E-state index in [-0.39, 0.29) is 5.97 Å². The number of hydrogen-bond donors (Lipinski definition) is 0. The molecule has 0 spiro atoms. The van der Waals surface area contributed by atoms with Crippen molar-refractivity contribution in [2.75, 3.05) is 12.4 Å². The molecule has 80 valence electrons. The molecule has 1 aromatic carbocycles. The number of thioether (sulfide) groups is 1. The Hall–Kier alpha value is -1.22. The van der Waals surface area contributed by atoms with E-state index in [1.165, 1.54) is 11.8 Å². The normalized spacial score (nSPS) is 10.5. The van der Waals surface area contributed by atoms with Gasteiger partial charge in [-0.25, -0.2) is 0 Å². The third-order valence-corrected chi connectivity index (χ3v) is 2.39. The average Bonchev–Trinajstić information content (AvgIpc) is 2.26. The Morgan fingerprint density at radius 1 is 1.40 bits per heavy atom. The highest BCUT2D eigenvalue weighted by Gasteiger charge is 1.98. The molecule has 1 aromatic rings. The number of rotatable bonds is 5. The molecule has 0 saturated heterocycles. The van der Waals surface area contributed by atoms with Gasteiger partial charge in [-0.15, -0.1) is 11.8 Å². The molecular weight excluding hydrogens is 208 g/mol. The van der Waals surface area contributed by atoms with Crippen molar-refractivity contribution < 1.29 is 9.53 Å². The van der Waals surface area contributed by atoms with Crippen molar-refractivity contribution in [3.63, 3.8) is 0 Å². The second-order valence-corrected chi connectivity index (χ2v) is 3.72. The van der Waals surface area contributed by atoms with Gasteiger partial charge in [0.2, 0.25) is 0 Å². The smallest absolute Gasteiger partial charge is 0.316 e. The van der Waals surface area contributed by atoms with Crippen molar-refractivity contribution in [2.45, 2.75) is 6.92 Å². The SMILES string of the molecule is CCOC(=O)CS/C=C\c1ccccc1. The van der Waals surface area contributed by atoms with E-state index >= 15 is 0 Å². The monoisotopic (exact) mass is 222 g/mol. The molecule has 0 saturated carbocycles. The molecule has 0 atom stereocenters. The zero-order valence-electron chi connectivity index (χ0n) is 8.68. The topological polar surface area (TPSA) is 26.3 Å². The molecule has 0 unspecified atom stereocenters. The van der Waals surface area contributed by atoms with Crippen LogP contribution in [0.1, 0.15) is 12.5 Å². The minimum atomic E-state index is -0.166. The molecule has 2 nitrogen and oxygen atoms in total. The molecule has 0 bridgehead atoms. The summed E-state index contributed by atoms with van der Waals surface area (Å²) in [5, 5.41) is 1.91. The fraction of sp³-hybridized carbons (Fsp3) is 0.250. The van der Waals surface area contributed by atoms with Gasteiger partial charge in [0.1, 0.15) is 0 Å². The molecule has 0 amide bonds. The summed E-state index contributed by atoms with van der Waals surface area (Å²) in [6.45, 7) is 2.25. The van der Waals surface area contributed by atoms with Crippen molar-refractivity contribution >= 4 is 23.8 Å². The Bertz CT molecular complexity index is 320. The van der Waals surface area contributed by atoms with Gasteiger partial charge in [0.15, 0.2) is 0 Å². The highest BCUT2D eigenvalue weighted by atomic mass is 32.2. The standard InChI is InChI=1S/C12H14O2S/c1-2-14-12(13)10-15-9-8-11-6-4-3-5-7-11/h3-9H,2,10H2,1H3/b9-8-. The highest BCUT2D eigenvalue weighted by molar-refractivity contribution is 8.02. The van der Waals surface area contributed by atoms with Crippen LogP contribution in [0.3, 0.4) is 0 Å². The van der Waals surface area contributed by atoms with Crippen LogP contribution in [0.5, 0.6) is 0 Å². The van der Waals surface area contributed by atoms with Crippen LogP contribution in [0.2, 0.25) is 0 Å². The van der Waals surface area contributed by atoms with E-state index in [1.54, 1.807) is 0 Å². The Labute approximate surface area is 94.3 Å². The van der Waals surface area contributed by atoms with Crippen LogP contribution in [-0.2, 0) is 9.53 Å². The first-order valence-electron chi connectivity index (χ1n) is 4.81. The minimum absolute atomic E-state index is 0.166. The van der Waals surface area contributed by atoms with Gasteiger partial charge >= 0.3 is 5.97 Å². The predicted molar refractivity (Wildman–Crippen MR) is 64.6 cm³/mol. The molecule has 0 aromatic heterocycles. The van der Waals surface area contributed by atoms with E-state index in [0.29, 0.717) is 12.4 Å². The summed E-state index contributed by atoms with van der Waals surface area (Å²) in [4.78, 5) is 11.0. The number of carbonyl (C=O) groups is 1. The molecule has 0 N–H and O–H groups in total. The molecular formula is C12H14O2S. The van der Waals surface area contributed by atoms with Gasteiger partial charge in [0.25, 0.3) is 0 Å². The number of benzene rings is 1. The van der Waals surface area contributed by atoms with Crippen molar-refractivity contribution in [3.05, 3.63) is 41.3 Å². The van der Waals surface area contributed by atoms with Crippen molar-refractivity contribution in [2.24, 2.45) is 0 Å². The molecule has 0 fully saturated rings. The molecule has 0 heterocycles. The molecule has 15 heavy (non-hydrogen) atoms. The lowest BCUT2D eigenvalue weighted by atomic mass is 10.2. The molecule has 3 heteroatoms. The quantitative estimate of drug-likeness (QED) is 0.716. The molecule has 0 aliphatic rings. The summed E-state index contributed by atoms with van der Waals surface area (Å²) in [7, 11) is 0. The van der Waals surface area contributed by atoms with E-state index in [1.807, 2.05) is 48.7 Å². The highest BCUT2D eigenvalue weighted by Crippen LogP contribution is 2.08. The van der Waals surface area contributed by atoms with E-state index in [2.05, 4.69) is 0 Å². The molecule has 0 aliphatic carbocycles. The Balaban J connectivity index is 2.26. The lowest BCUT2D eigenvalue weighted by Gasteiger charge is -1.97. The van der Waals surface area contributed by atoms with E-state index in [9.17, 15) is 4.79 Å². The summed E-state index contributed by atoms with van der Waals surface area (Å²) < 4.78 is 4.80. The number of carbonyl (C=O) groups excluding carboxylic acids is 1. The maximum absolute atomic E-state index is 11.0. The number of esters is 1. The van der Waals surface area contributed by atoms with Crippen molar-refractivity contribution in [1.29, 1.82) is 0 Å². The first-order chi connectivity index (χ1) is 7.33. The van der Waals surface area contributed by atoms with Crippen LogP contribution in [0.4, 0.5) is 0 Å². The second kappa shape index (κ2) is 7.12. The van der Waals surface area contributed by atoms with Gasteiger partial charge in [-0.1, -0.05) is 30.3 Å². The summed E-state index contributed by atoms with van der Waals surface area (Å²) >= 11 is 1.44. The molecule has 0 radical (unpaired) electrons. The van der Waals surface area contributed by atoms with Gasteiger partial charge < -0.3 is 4.74 Å². The lowest BCUT2D eigenvalue weighted by molar-refractivity contribution is -0.139. The van der Waals surface area contributed by atoms with Crippen LogP contribution in [0, 0.1) is 0 Å². The molecule has 0 aliphatic heterocycles. The van der Waals surface area contributed by atoms with Crippen LogP contribution < -0.4 is 0 Å². The zero-order chi connectivity index (χ0) is 10.9. The van der Waals surface area contributed by atoms with E-state index < -0.39 is 0 Å². The Morgan fingerprint density at radius 2 is 2.13 bits per heavy atom. The van der Waals surface area contributed by atoms with Crippen molar-refractivity contribution in [1.82, 2.24) is 0 Å². The minimum Gasteiger partial charge on any atom is -0.465 e. The van der Waals surface area contributed by atoms with Gasteiger partial charge in [-0.2, -0.15) is 0 Å². The predicted octanol–water partition coefficient (Wildman–Crippen LogP) is 2.95. The summed E-state index contributed by atoms with van der Waals surface area (Å²) in [5.74, 6) is 0.206. The van der Waals surface area contributed by atoms with Gasteiger partial charge in [0.05, 0.1) is 12.4 Å². The first kappa shape index (κ1) is 11.9. The Kier molecular flexibility index (Phi) is 5.63. The summed E-state index contributed by atoms with van der Waals surface area (Å²) in [5.41, 5.74) is 1.13. The number of hydrogen-bond acceptors (Lipinski definition) is 3. The first-order valence-corrected chi connectivity index (χ1v) is 5.86. The maximum atomic E-state index is 11.0. The van der Waals surface area contributed by atoms with Gasteiger partial charge in [-0.05, 0) is 24.0 Å². The Morgan fingerprint density at radius 3 is 2.80 bits per heavy atom. The van der Waals surface area contributed by atoms with Crippen LogP contribution in [0.25, 0.3) is 6.08 Å². The fourth-order valence-corrected chi connectivity index (χ4v) is 1.58. The summed E-state index contributed by atoms with van der Waals surface area (Å²) in [6, 6.07) is 9.97. The second-order valence-electron chi connectivity index (χ2n) is 2.83. The average molecular weight is 222 g/mol. The maximum Gasteiger partial charge on any atom is 0.316 e. The largest absolute Gasteiger partial charge is 0.465 e. The molecule has 1 rings (SSSR count).